The third kappa shape index (κ3) is 2.35. The van der Waals surface area contributed by atoms with Gasteiger partial charge in [-0.3, -0.25) is 9.59 Å². The van der Waals surface area contributed by atoms with Crippen LogP contribution in [-0.4, -0.2) is 34.8 Å². The molecular formula is C12H18N2O2. The van der Waals surface area contributed by atoms with Gasteiger partial charge in [0.15, 0.2) is 0 Å². The van der Waals surface area contributed by atoms with Gasteiger partial charge in [0, 0.05) is 12.5 Å². The van der Waals surface area contributed by atoms with Gasteiger partial charge in [-0.15, -0.1) is 12.3 Å². The molecule has 0 bridgehead atoms. The molecule has 0 saturated carbocycles. The number of piperazine rings is 1. The second kappa shape index (κ2) is 4.56. The first-order chi connectivity index (χ1) is 7.42. The fraction of sp³-hybridized carbons (Fsp3) is 0.667. The number of carbonyl (C=O) groups is 2. The zero-order valence-corrected chi connectivity index (χ0v) is 10.0. The monoisotopic (exact) mass is 222 g/mol. The fourth-order valence-electron chi connectivity index (χ4n) is 1.93. The maximum absolute atomic E-state index is 12.1. The molecule has 1 N–H and O–H groups in total. The average molecular weight is 222 g/mol. The SMILES string of the molecule is C#CCC(CC)N1CC(=O)NC(C)(C)C1=O. The van der Waals surface area contributed by atoms with Gasteiger partial charge < -0.3 is 10.2 Å². The molecule has 4 nitrogen and oxygen atoms in total. The van der Waals surface area contributed by atoms with Gasteiger partial charge in [0.2, 0.25) is 11.8 Å². The van der Waals surface area contributed by atoms with Gasteiger partial charge in [-0.2, -0.15) is 0 Å². The van der Waals surface area contributed by atoms with Gasteiger partial charge in [-0.25, -0.2) is 0 Å². The van der Waals surface area contributed by atoms with Crippen molar-refractivity contribution in [3.05, 3.63) is 0 Å². The summed E-state index contributed by atoms with van der Waals surface area (Å²) < 4.78 is 0. The minimum atomic E-state index is -0.822. The first kappa shape index (κ1) is 12.6. The molecule has 1 fully saturated rings. The summed E-state index contributed by atoms with van der Waals surface area (Å²) in [6.45, 7) is 5.50. The van der Waals surface area contributed by atoms with Crippen molar-refractivity contribution in [1.82, 2.24) is 10.2 Å². The van der Waals surface area contributed by atoms with Crippen LogP contribution in [0.3, 0.4) is 0 Å². The molecule has 0 aromatic carbocycles. The number of hydrogen-bond acceptors (Lipinski definition) is 2. The third-order valence-electron chi connectivity index (χ3n) is 2.83. The van der Waals surface area contributed by atoms with Crippen LogP contribution >= 0.6 is 0 Å². The third-order valence-corrected chi connectivity index (χ3v) is 2.83. The van der Waals surface area contributed by atoms with E-state index in [9.17, 15) is 9.59 Å². The molecule has 0 spiro atoms. The summed E-state index contributed by atoms with van der Waals surface area (Å²) in [5, 5.41) is 2.67. The minimum Gasteiger partial charge on any atom is -0.341 e. The van der Waals surface area contributed by atoms with E-state index in [4.69, 9.17) is 6.42 Å². The lowest BCUT2D eigenvalue weighted by molar-refractivity contribution is -0.150. The summed E-state index contributed by atoms with van der Waals surface area (Å²) in [6.07, 6.45) is 6.53. The molecule has 1 rings (SSSR count). The van der Waals surface area contributed by atoms with Crippen molar-refractivity contribution in [2.75, 3.05) is 6.54 Å². The Labute approximate surface area is 96.4 Å². The topological polar surface area (TPSA) is 49.4 Å². The number of terminal acetylenes is 1. The van der Waals surface area contributed by atoms with Gasteiger partial charge in [0.1, 0.15) is 5.54 Å². The molecule has 0 radical (unpaired) electrons. The largest absolute Gasteiger partial charge is 0.341 e. The van der Waals surface area contributed by atoms with Crippen molar-refractivity contribution in [2.45, 2.75) is 45.2 Å². The first-order valence-corrected chi connectivity index (χ1v) is 5.48. The van der Waals surface area contributed by atoms with E-state index in [0.717, 1.165) is 6.42 Å². The summed E-state index contributed by atoms with van der Waals surface area (Å²) in [7, 11) is 0. The molecule has 88 valence electrons. The molecule has 0 aromatic heterocycles. The number of rotatable bonds is 3. The molecule has 1 atom stereocenters. The Morgan fingerprint density at radius 2 is 2.19 bits per heavy atom. The normalized spacial score (nSPS) is 21.2. The number of carbonyl (C=O) groups excluding carboxylic acids is 2. The molecule has 0 aromatic rings. The molecule has 1 aliphatic rings. The van der Waals surface area contributed by atoms with E-state index in [1.54, 1.807) is 18.7 Å². The summed E-state index contributed by atoms with van der Waals surface area (Å²) in [5.41, 5.74) is -0.822. The van der Waals surface area contributed by atoms with E-state index in [2.05, 4.69) is 11.2 Å². The smallest absolute Gasteiger partial charge is 0.248 e. The molecule has 16 heavy (non-hydrogen) atoms. The van der Waals surface area contributed by atoms with E-state index in [0.29, 0.717) is 6.42 Å². The second-order valence-corrected chi connectivity index (χ2v) is 4.58. The van der Waals surface area contributed by atoms with Crippen LogP contribution in [0.25, 0.3) is 0 Å². The van der Waals surface area contributed by atoms with E-state index >= 15 is 0 Å². The molecule has 1 heterocycles. The minimum absolute atomic E-state index is 0.0391. The van der Waals surface area contributed by atoms with E-state index in [1.165, 1.54) is 0 Å². The summed E-state index contributed by atoms with van der Waals surface area (Å²) in [5.74, 6) is 2.37. The van der Waals surface area contributed by atoms with Gasteiger partial charge >= 0.3 is 0 Å². The van der Waals surface area contributed by atoms with E-state index < -0.39 is 5.54 Å². The summed E-state index contributed by atoms with van der Waals surface area (Å²) in [4.78, 5) is 25.2. The van der Waals surface area contributed by atoms with Crippen molar-refractivity contribution < 1.29 is 9.59 Å². The number of nitrogens with zero attached hydrogens (tertiary/aromatic N) is 1. The number of nitrogens with one attached hydrogen (secondary N) is 1. The molecule has 0 aliphatic carbocycles. The van der Waals surface area contributed by atoms with Crippen molar-refractivity contribution in [3.63, 3.8) is 0 Å². The Bertz CT molecular complexity index is 341. The Balaban J connectivity index is 2.90. The lowest BCUT2D eigenvalue weighted by atomic mass is 9.97. The Kier molecular flexibility index (Phi) is 3.58. The fourth-order valence-corrected chi connectivity index (χ4v) is 1.93. The van der Waals surface area contributed by atoms with Crippen LogP contribution < -0.4 is 5.32 Å². The number of hydrogen-bond donors (Lipinski definition) is 1. The zero-order chi connectivity index (χ0) is 12.3. The lowest BCUT2D eigenvalue weighted by Crippen LogP contribution is -2.65. The van der Waals surface area contributed by atoms with Crippen LogP contribution in [0.15, 0.2) is 0 Å². The van der Waals surface area contributed by atoms with Crippen LogP contribution in [0.1, 0.15) is 33.6 Å². The molecule has 1 aliphatic heterocycles. The Morgan fingerprint density at radius 3 is 2.69 bits per heavy atom. The first-order valence-electron chi connectivity index (χ1n) is 5.48. The van der Waals surface area contributed by atoms with Gasteiger partial charge in [0.05, 0.1) is 6.54 Å². The predicted molar refractivity (Wildman–Crippen MR) is 61.5 cm³/mol. The Morgan fingerprint density at radius 1 is 1.56 bits per heavy atom. The highest BCUT2D eigenvalue weighted by Gasteiger charge is 2.41. The maximum Gasteiger partial charge on any atom is 0.248 e. The molecule has 4 heteroatoms. The highest BCUT2D eigenvalue weighted by atomic mass is 16.2. The van der Waals surface area contributed by atoms with Gasteiger partial charge in [0.25, 0.3) is 0 Å². The predicted octanol–water partition coefficient (Wildman–Crippen LogP) is 0.525. The zero-order valence-electron chi connectivity index (χ0n) is 10.0. The number of amides is 2. The molecular weight excluding hydrogens is 204 g/mol. The molecule has 2 amide bonds. The van der Waals surface area contributed by atoms with Crippen LogP contribution in [0.5, 0.6) is 0 Å². The van der Waals surface area contributed by atoms with Gasteiger partial charge in [-0.1, -0.05) is 6.92 Å². The van der Waals surface area contributed by atoms with Gasteiger partial charge in [-0.05, 0) is 20.3 Å². The van der Waals surface area contributed by atoms with E-state index in [1.807, 2.05) is 6.92 Å². The van der Waals surface area contributed by atoms with Crippen LogP contribution in [0.4, 0.5) is 0 Å². The summed E-state index contributed by atoms with van der Waals surface area (Å²) in [6, 6.07) is -0.0391. The van der Waals surface area contributed by atoms with Crippen LogP contribution in [0.2, 0.25) is 0 Å². The van der Waals surface area contributed by atoms with E-state index in [-0.39, 0.29) is 24.4 Å². The maximum atomic E-state index is 12.1. The highest BCUT2D eigenvalue weighted by molar-refractivity contribution is 5.97. The molecule has 1 unspecified atom stereocenters. The summed E-state index contributed by atoms with van der Waals surface area (Å²) >= 11 is 0. The van der Waals surface area contributed by atoms with Crippen molar-refractivity contribution in [3.8, 4) is 12.3 Å². The lowest BCUT2D eigenvalue weighted by Gasteiger charge is -2.41. The highest BCUT2D eigenvalue weighted by Crippen LogP contribution is 2.18. The van der Waals surface area contributed by atoms with Crippen LogP contribution in [0, 0.1) is 12.3 Å². The van der Waals surface area contributed by atoms with Crippen molar-refractivity contribution >= 4 is 11.8 Å². The quantitative estimate of drug-likeness (QED) is 0.708. The van der Waals surface area contributed by atoms with Crippen LogP contribution in [-0.2, 0) is 9.59 Å². The van der Waals surface area contributed by atoms with Crippen molar-refractivity contribution in [2.24, 2.45) is 0 Å². The molecule has 1 saturated heterocycles. The Hall–Kier alpha value is -1.50. The average Bonchev–Trinajstić information content (AvgIpc) is 2.19. The van der Waals surface area contributed by atoms with Crippen molar-refractivity contribution in [1.29, 1.82) is 0 Å². The second-order valence-electron chi connectivity index (χ2n) is 4.58. The standard InChI is InChI=1S/C12H18N2O2/c1-5-7-9(6-2)14-8-10(15)13-12(3,4)11(14)16/h1,9H,6-8H2,2-4H3,(H,13,15).